The molecule has 3 nitrogen and oxygen atoms in total. The lowest BCUT2D eigenvalue weighted by atomic mass is 9.89. The molecule has 2 aliphatic rings. The van der Waals surface area contributed by atoms with Crippen LogP contribution < -0.4 is 5.32 Å². The van der Waals surface area contributed by atoms with E-state index in [0.717, 1.165) is 25.9 Å². The quantitative estimate of drug-likeness (QED) is 0.533. The number of nitrogens with one attached hydrogen (secondary N) is 1. The van der Waals surface area contributed by atoms with Crippen molar-refractivity contribution in [2.75, 3.05) is 19.7 Å². The molecule has 2 atom stereocenters. The van der Waals surface area contributed by atoms with Crippen molar-refractivity contribution in [1.29, 1.82) is 0 Å². The van der Waals surface area contributed by atoms with Gasteiger partial charge in [-0.25, -0.2) is 0 Å². The molecule has 2 heterocycles. The Morgan fingerprint density at radius 2 is 2.45 bits per heavy atom. The Hall–Kier alpha value is -0.410. The summed E-state index contributed by atoms with van der Waals surface area (Å²) >= 11 is 0. The molecule has 0 unspecified atom stereocenters. The minimum absolute atomic E-state index is 0.259. The van der Waals surface area contributed by atoms with Crippen LogP contribution in [0.15, 0.2) is 0 Å². The number of ether oxygens (including phenoxy) is 1. The first-order valence-corrected chi connectivity index (χ1v) is 4.20. The summed E-state index contributed by atoms with van der Waals surface area (Å²) in [4.78, 5) is 11.0. The fourth-order valence-corrected chi connectivity index (χ4v) is 1.87. The number of Topliss-reactive ketones (excluding diaryl/α,β-unsaturated/α-hetero) is 1. The van der Waals surface area contributed by atoms with Crippen LogP contribution in [0.2, 0.25) is 0 Å². The lowest BCUT2D eigenvalue weighted by Gasteiger charge is -2.34. The molecular weight excluding hydrogens is 142 g/mol. The number of piperidine rings is 1. The smallest absolute Gasteiger partial charge is 0.158 e. The molecule has 0 aliphatic carbocycles. The summed E-state index contributed by atoms with van der Waals surface area (Å²) in [6.45, 7) is 2.34. The van der Waals surface area contributed by atoms with Crippen LogP contribution in [0.5, 0.6) is 0 Å². The van der Waals surface area contributed by atoms with Crippen LogP contribution in [-0.2, 0) is 9.53 Å². The number of fused-ring (bicyclic) bond motifs is 1. The third-order valence-electron chi connectivity index (χ3n) is 2.49. The van der Waals surface area contributed by atoms with Crippen LogP contribution in [0.25, 0.3) is 0 Å². The monoisotopic (exact) mass is 155 g/mol. The van der Waals surface area contributed by atoms with Crippen molar-refractivity contribution in [3.63, 3.8) is 0 Å². The molecule has 0 saturated carbocycles. The van der Waals surface area contributed by atoms with E-state index in [2.05, 4.69) is 5.32 Å². The molecule has 0 spiro atoms. The Morgan fingerprint density at radius 1 is 1.55 bits per heavy atom. The maximum Gasteiger partial charge on any atom is 0.158 e. The minimum atomic E-state index is 0.259. The molecule has 0 radical (unpaired) electrons. The van der Waals surface area contributed by atoms with Gasteiger partial charge in [-0.1, -0.05) is 0 Å². The maximum atomic E-state index is 11.0. The largest absolute Gasteiger partial charge is 0.370 e. The van der Waals surface area contributed by atoms with E-state index in [4.69, 9.17) is 4.74 Å². The summed E-state index contributed by atoms with van der Waals surface area (Å²) in [5.74, 6) is 0.708. The van der Waals surface area contributed by atoms with E-state index in [1.54, 1.807) is 0 Å². The third kappa shape index (κ3) is 1.44. The zero-order valence-electron chi connectivity index (χ0n) is 6.51. The Morgan fingerprint density at radius 3 is 3.36 bits per heavy atom. The van der Waals surface area contributed by atoms with Crippen LogP contribution in [0.1, 0.15) is 12.8 Å². The van der Waals surface area contributed by atoms with Crippen LogP contribution in [0.3, 0.4) is 0 Å². The van der Waals surface area contributed by atoms with Gasteiger partial charge in [-0.15, -0.1) is 0 Å². The third-order valence-corrected chi connectivity index (χ3v) is 2.49. The summed E-state index contributed by atoms with van der Waals surface area (Å²) in [7, 11) is 0. The molecule has 62 valence electrons. The molecular formula is C8H13NO2. The van der Waals surface area contributed by atoms with Gasteiger partial charge >= 0.3 is 0 Å². The van der Waals surface area contributed by atoms with Crippen LogP contribution in [-0.4, -0.2) is 31.6 Å². The van der Waals surface area contributed by atoms with E-state index in [-0.39, 0.29) is 5.78 Å². The molecule has 3 heteroatoms. The van der Waals surface area contributed by atoms with E-state index < -0.39 is 0 Å². The number of carbonyl (C=O) groups excluding carboxylic acids is 1. The van der Waals surface area contributed by atoms with Crippen molar-refractivity contribution in [2.45, 2.75) is 18.9 Å². The van der Waals surface area contributed by atoms with Gasteiger partial charge in [0.25, 0.3) is 0 Å². The standard InChI is InChI=1S/C8H13NO2/c10-7-3-6-4-9-2-1-8(6)11-5-7/h6,8-9H,1-5H2/t6-,8-/m0/s1. The number of rotatable bonds is 0. The van der Waals surface area contributed by atoms with Crippen molar-refractivity contribution in [1.82, 2.24) is 5.32 Å². The van der Waals surface area contributed by atoms with Crippen molar-refractivity contribution in [3.05, 3.63) is 0 Å². The molecule has 2 rings (SSSR count). The molecule has 2 fully saturated rings. The Bertz CT molecular complexity index is 169. The Kier molecular flexibility index (Phi) is 1.92. The van der Waals surface area contributed by atoms with E-state index in [0.29, 0.717) is 18.6 Å². The van der Waals surface area contributed by atoms with Crippen molar-refractivity contribution >= 4 is 5.78 Å². The minimum Gasteiger partial charge on any atom is -0.370 e. The highest BCUT2D eigenvalue weighted by Crippen LogP contribution is 2.22. The average molecular weight is 155 g/mol. The van der Waals surface area contributed by atoms with E-state index in [1.165, 1.54) is 0 Å². The summed E-state index contributed by atoms with van der Waals surface area (Å²) in [5, 5.41) is 3.27. The first-order chi connectivity index (χ1) is 5.36. The zero-order chi connectivity index (χ0) is 7.68. The average Bonchev–Trinajstić information content (AvgIpc) is 2.04. The summed E-state index contributed by atoms with van der Waals surface area (Å²) < 4.78 is 5.40. The molecule has 11 heavy (non-hydrogen) atoms. The molecule has 1 N–H and O–H groups in total. The van der Waals surface area contributed by atoms with E-state index in [1.807, 2.05) is 0 Å². The first-order valence-electron chi connectivity index (χ1n) is 4.20. The van der Waals surface area contributed by atoms with Crippen molar-refractivity contribution < 1.29 is 9.53 Å². The number of hydrogen-bond acceptors (Lipinski definition) is 3. The highest BCUT2D eigenvalue weighted by Gasteiger charge is 2.31. The van der Waals surface area contributed by atoms with Gasteiger partial charge in [0.05, 0.1) is 6.10 Å². The van der Waals surface area contributed by atoms with Gasteiger partial charge in [-0.3, -0.25) is 4.79 Å². The molecule has 0 bridgehead atoms. The Balaban J connectivity index is 1.98. The predicted molar refractivity (Wildman–Crippen MR) is 40.3 cm³/mol. The number of carbonyl (C=O) groups is 1. The second-order valence-corrected chi connectivity index (χ2v) is 3.35. The van der Waals surface area contributed by atoms with Gasteiger partial charge in [0, 0.05) is 18.9 Å². The second-order valence-electron chi connectivity index (χ2n) is 3.35. The normalized spacial score (nSPS) is 38.4. The molecule has 0 aromatic heterocycles. The fourth-order valence-electron chi connectivity index (χ4n) is 1.87. The van der Waals surface area contributed by atoms with Gasteiger partial charge in [0.15, 0.2) is 5.78 Å². The molecule has 2 saturated heterocycles. The lowest BCUT2D eigenvalue weighted by molar-refractivity contribution is -0.137. The predicted octanol–water partition coefficient (Wildman–Crippen LogP) is -0.0461. The molecule has 0 amide bonds. The van der Waals surface area contributed by atoms with Crippen LogP contribution >= 0.6 is 0 Å². The zero-order valence-corrected chi connectivity index (χ0v) is 6.51. The van der Waals surface area contributed by atoms with Gasteiger partial charge in [-0.05, 0) is 13.0 Å². The molecule has 0 aromatic rings. The van der Waals surface area contributed by atoms with Crippen LogP contribution in [0, 0.1) is 5.92 Å². The van der Waals surface area contributed by atoms with Crippen molar-refractivity contribution in [2.24, 2.45) is 5.92 Å². The summed E-state index contributed by atoms with van der Waals surface area (Å²) in [5.41, 5.74) is 0. The summed E-state index contributed by atoms with van der Waals surface area (Å²) in [6, 6.07) is 0. The van der Waals surface area contributed by atoms with E-state index in [9.17, 15) is 4.79 Å². The van der Waals surface area contributed by atoms with Gasteiger partial charge in [-0.2, -0.15) is 0 Å². The van der Waals surface area contributed by atoms with Crippen molar-refractivity contribution in [3.8, 4) is 0 Å². The van der Waals surface area contributed by atoms with Gasteiger partial charge in [0.2, 0.25) is 0 Å². The Labute approximate surface area is 66.1 Å². The number of ketones is 1. The van der Waals surface area contributed by atoms with E-state index >= 15 is 0 Å². The highest BCUT2D eigenvalue weighted by atomic mass is 16.5. The van der Waals surface area contributed by atoms with Gasteiger partial charge < -0.3 is 10.1 Å². The number of hydrogen-bond donors (Lipinski definition) is 1. The van der Waals surface area contributed by atoms with Crippen LogP contribution in [0.4, 0.5) is 0 Å². The molecule has 2 aliphatic heterocycles. The topological polar surface area (TPSA) is 38.3 Å². The highest BCUT2D eigenvalue weighted by molar-refractivity contribution is 5.80. The SMILES string of the molecule is O=C1CO[C@H]2CCNC[C@@H]2C1. The second kappa shape index (κ2) is 2.91. The lowest BCUT2D eigenvalue weighted by Crippen LogP contribution is -2.46. The molecule has 0 aromatic carbocycles. The van der Waals surface area contributed by atoms with Gasteiger partial charge in [0.1, 0.15) is 6.61 Å². The fraction of sp³-hybridized carbons (Fsp3) is 0.875. The first kappa shape index (κ1) is 7.25. The maximum absolute atomic E-state index is 11.0. The summed E-state index contributed by atoms with van der Waals surface area (Å²) in [6.07, 6.45) is 2.14.